The monoisotopic (exact) mass is 627 g/mol. The molecule has 230 valence electrons. The molecule has 42 heavy (non-hydrogen) atoms. The molecule has 1 fully saturated rings. The van der Waals surface area contributed by atoms with Crippen LogP contribution in [0.15, 0.2) is 53.4 Å². The van der Waals surface area contributed by atoms with Crippen molar-refractivity contribution < 1.29 is 45.1 Å². The molecule has 1 heterocycles. The minimum absolute atomic E-state index is 0.0296. The van der Waals surface area contributed by atoms with Crippen molar-refractivity contribution in [1.29, 1.82) is 0 Å². The molecule has 0 saturated carbocycles. The number of halogens is 1. The second-order valence-corrected chi connectivity index (χ2v) is 15.1. The maximum atomic E-state index is 14.2. The number of sulfonamides is 1. The molecular formula is C27H34FN3O9S2. The van der Waals surface area contributed by atoms with Gasteiger partial charge in [0.1, 0.15) is 17.2 Å². The molecule has 2 aromatic rings. The summed E-state index contributed by atoms with van der Waals surface area (Å²) in [6.45, 7) is 5.50. The second kappa shape index (κ2) is 12.0. The third kappa shape index (κ3) is 7.25. The van der Waals surface area contributed by atoms with Gasteiger partial charge in [0.15, 0.2) is 15.6 Å². The van der Waals surface area contributed by atoms with E-state index in [1.54, 1.807) is 0 Å². The van der Waals surface area contributed by atoms with Gasteiger partial charge < -0.3 is 19.7 Å². The van der Waals surface area contributed by atoms with Gasteiger partial charge in [0.2, 0.25) is 5.54 Å². The molecule has 1 aliphatic heterocycles. The first kappa shape index (κ1) is 32.9. The number of esters is 1. The summed E-state index contributed by atoms with van der Waals surface area (Å²) >= 11 is 0. The highest BCUT2D eigenvalue weighted by Crippen LogP contribution is 2.36. The van der Waals surface area contributed by atoms with E-state index in [9.17, 15) is 35.6 Å². The molecule has 2 atom stereocenters. The molecule has 1 unspecified atom stereocenters. The highest BCUT2D eigenvalue weighted by Gasteiger charge is 2.56. The van der Waals surface area contributed by atoms with Crippen molar-refractivity contribution in [3.05, 3.63) is 54.3 Å². The molecule has 0 spiro atoms. The number of carbonyl (C=O) groups is 3. The molecule has 0 radical (unpaired) electrons. The molecule has 2 aromatic carbocycles. The number of amides is 1. The lowest BCUT2D eigenvalue weighted by Gasteiger charge is -2.42. The molecule has 3 rings (SSSR count). The Balaban J connectivity index is 2.28. The van der Waals surface area contributed by atoms with E-state index in [4.69, 9.17) is 9.47 Å². The fourth-order valence-electron chi connectivity index (χ4n) is 4.14. The van der Waals surface area contributed by atoms with Gasteiger partial charge in [0.05, 0.1) is 28.1 Å². The molecular weight excluding hydrogens is 593 g/mol. The summed E-state index contributed by atoms with van der Waals surface area (Å²) in [5.41, 5.74) is -4.06. The van der Waals surface area contributed by atoms with Crippen LogP contribution in [0.1, 0.15) is 27.7 Å². The summed E-state index contributed by atoms with van der Waals surface area (Å²) in [6.07, 6.45) is -0.711. The van der Waals surface area contributed by atoms with Crippen LogP contribution < -0.4 is 14.4 Å². The molecule has 1 saturated heterocycles. The van der Waals surface area contributed by atoms with Crippen molar-refractivity contribution in [3.63, 3.8) is 0 Å². The number of carbonyl (C=O) groups excluding carboxylic acids is 3. The number of rotatable bonds is 8. The van der Waals surface area contributed by atoms with E-state index in [0.29, 0.717) is 4.31 Å². The summed E-state index contributed by atoms with van der Waals surface area (Å²) in [5, 5.41) is 2.77. The van der Waals surface area contributed by atoms with Gasteiger partial charge in [0.25, 0.3) is 10.0 Å². The average molecular weight is 628 g/mol. The van der Waals surface area contributed by atoms with Crippen molar-refractivity contribution in [2.45, 2.75) is 49.8 Å². The standard InChI is InChI=1S/C27H34FN3O9S2/c1-26(2,3)40-24(33)27(4,23(32)22-17-41(35,36)16-15-29-22)31(42(37,38)21-13-7-18(28)8-14-21)19-9-11-20(12-10-19)39-25(34)30(5)6/h7-14,22,29H,15-17H2,1-6H3/t22?,27-/m1/s1. The molecule has 0 bridgehead atoms. The maximum absolute atomic E-state index is 14.2. The number of hydrogen-bond donors (Lipinski definition) is 1. The first-order valence-electron chi connectivity index (χ1n) is 12.8. The van der Waals surface area contributed by atoms with Gasteiger partial charge in [0, 0.05) is 20.6 Å². The van der Waals surface area contributed by atoms with Gasteiger partial charge in [-0.25, -0.2) is 35.1 Å². The number of ether oxygens (including phenoxy) is 2. The second-order valence-electron chi connectivity index (χ2n) is 11.0. The van der Waals surface area contributed by atoms with Crippen molar-refractivity contribution in [2.75, 3.05) is 36.5 Å². The van der Waals surface area contributed by atoms with Crippen LogP contribution in [-0.2, 0) is 34.2 Å². The number of anilines is 1. The molecule has 0 aromatic heterocycles. The van der Waals surface area contributed by atoms with Crippen molar-refractivity contribution in [3.8, 4) is 5.75 Å². The molecule has 12 nitrogen and oxygen atoms in total. The number of nitrogens with zero attached hydrogens (tertiary/aromatic N) is 2. The zero-order valence-electron chi connectivity index (χ0n) is 24.1. The zero-order valence-corrected chi connectivity index (χ0v) is 25.7. The zero-order chi connectivity index (χ0) is 31.7. The SMILES string of the molecule is CN(C)C(=O)Oc1ccc(N([C@@](C)(C(=O)OC(C)(C)C)C(=O)C2CS(=O)(=O)CCN2)S(=O)(=O)c2ccc(F)cc2)cc1. The van der Waals surface area contributed by atoms with Gasteiger partial charge in [-0.1, -0.05) is 0 Å². The number of Topliss-reactive ketones (excluding diaryl/α,β-unsaturated/α-hetero) is 1. The first-order valence-corrected chi connectivity index (χ1v) is 16.1. The summed E-state index contributed by atoms with van der Waals surface area (Å²) in [4.78, 5) is 40.8. The number of hydrogen-bond acceptors (Lipinski definition) is 10. The smallest absolute Gasteiger partial charge is 0.414 e. The topological polar surface area (TPSA) is 156 Å². The third-order valence-corrected chi connectivity index (χ3v) is 9.81. The van der Waals surface area contributed by atoms with Gasteiger partial charge in [-0.15, -0.1) is 0 Å². The van der Waals surface area contributed by atoms with Crippen molar-refractivity contribution >= 4 is 43.4 Å². The Morgan fingerprint density at radius 1 is 0.976 bits per heavy atom. The number of ketones is 1. The Labute approximate surface area is 244 Å². The van der Waals surface area contributed by atoms with Crippen LogP contribution in [0.25, 0.3) is 0 Å². The predicted octanol–water partition coefficient (Wildman–Crippen LogP) is 2.14. The maximum Gasteiger partial charge on any atom is 0.414 e. The molecule has 1 amide bonds. The van der Waals surface area contributed by atoms with E-state index in [1.807, 2.05) is 0 Å². The molecule has 1 N–H and O–H groups in total. The summed E-state index contributed by atoms with van der Waals surface area (Å²) in [7, 11) is -5.61. The van der Waals surface area contributed by atoms with E-state index in [0.717, 1.165) is 31.2 Å². The minimum Gasteiger partial charge on any atom is -0.458 e. The highest BCUT2D eigenvalue weighted by atomic mass is 32.2. The lowest BCUT2D eigenvalue weighted by Crippen LogP contribution is -2.67. The quantitative estimate of drug-likeness (QED) is 0.340. The lowest BCUT2D eigenvalue weighted by atomic mass is 9.90. The van der Waals surface area contributed by atoms with Crippen LogP contribution in [-0.4, -0.2) is 88.9 Å². The van der Waals surface area contributed by atoms with Gasteiger partial charge >= 0.3 is 12.1 Å². The summed E-state index contributed by atoms with van der Waals surface area (Å²) < 4.78 is 78.4. The Morgan fingerprint density at radius 2 is 1.55 bits per heavy atom. The van der Waals surface area contributed by atoms with Crippen LogP contribution in [0.3, 0.4) is 0 Å². The number of nitrogens with one attached hydrogen (secondary N) is 1. The van der Waals surface area contributed by atoms with Crippen LogP contribution in [0.4, 0.5) is 14.9 Å². The van der Waals surface area contributed by atoms with Crippen LogP contribution in [0, 0.1) is 5.82 Å². The molecule has 0 aliphatic carbocycles. The average Bonchev–Trinajstić information content (AvgIpc) is 2.87. The first-order chi connectivity index (χ1) is 19.3. The number of sulfone groups is 1. The number of benzene rings is 2. The Kier molecular flexibility index (Phi) is 9.39. The molecule has 15 heteroatoms. The van der Waals surface area contributed by atoms with Crippen LogP contribution in [0.5, 0.6) is 5.75 Å². The van der Waals surface area contributed by atoms with E-state index in [-0.39, 0.29) is 23.7 Å². The third-order valence-electron chi connectivity index (χ3n) is 6.22. The highest BCUT2D eigenvalue weighted by molar-refractivity contribution is 7.93. The lowest BCUT2D eigenvalue weighted by molar-refractivity contribution is -0.163. The van der Waals surface area contributed by atoms with E-state index >= 15 is 0 Å². The predicted molar refractivity (Wildman–Crippen MR) is 152 cm³/mol. The Hall–Kier alpha value is -3.56. The van der Waals surface area contributed by atoms with Gasteiger partial charge in [-0.2, -0.15) is 0 Å². The van der Waals surface area contributed by atoms with E-state index in [2.05, 4.69) is 5.32 Å². The van der Waals surface area contributed by atoms with Gasteiger partial charge in [-0.05, 0) is 76.2 Å². The Bertz CT molecular complexity index is 1550. The van der Waals surface area contributed by atoms with E-state index in [1.165, 1.54) is 64.0 Å². The summed E-state index contributed by atoms with van der Waals surface area (Å²) in [5.74, 6) is -3.96. The molecule has 1 aliphatic rings. The fraction of sp³-hybridized carbons (Fsp3) is 0.444. The van der Waals surface area contributed by atoms with Gasteiger partial charge in [-0.3, -0.25) is 4.79 Å². The van der Waals surface area contributed by atoms with Crippen LogP contribution in [0.2, 0.25) is 0 Å². The van der Waals surface area contributed by atoms with Crippen molar-refractivity contribution in [1.82, 2.24) is 10.2 Å². The van der Waals surface area contributed by atoms with Crippen molar-refractivity contribution in [2.24, 2.45) is 0 Å². The largest absolute Gasteiger partial charge is 0.458 e. The fourth-order valence-corrected chi connectivity index (χ4v) is 7.25. The Morgan fingerprint density at radius 3 is 2.05 bits per heavy atom. The van der Waals surface area contributed by atoms with Crippen LogP contribution >= 0.6 is 0 Å². The summed E-state index contributed by atoms with van der Waals surface area (Å²) in [6, 6.07) is 7.21. The van der Waals surface area contributed by atoms with E-state index < -0.39 is 71.4 Å². The minimum atomic E-state index is -4.84. The normalized spacial score (nSPS) is 18.3.